The van der Waals surface area contributed by atoms with E-state index in [1.165, 1.54) is 16.7 Å². The van der Waals surface area contributed by atoms with Gasteiger partial charge in [-0.1, -0.05) is 30.3 Å². The second-order valence-corrected chi connectivity index (χ2v) is 7.08. The first kappa shape index (κ1) is 18.0. The molecule has 0 atom stereocenters. The molecule has 0 radical (unpaired) electrons. The third-order valence-corrected chi connectivity index (χ3v) is 5.10. The first-order valence-corrected chi connectivity index (χ1v) is 9.34. The van der Waals surface area contributed by atoms with Crippen molar-refractivity contribution in [3.8, 4) is 0 Å². The minimum atomic E-state index is -0.488. The average Bonchev–Trinajstić information content (AvgIpc) is 3.21. The molecule has 30 heavy (non-hydrogen) atoms. The lowest BCUT2D eigenvalue weighted by Gasteiger charge is -2.16. The number of carbonyl (C=O) groups excluding carboxylic acids is 1. The molecule has 0 aliphatic rings. The molecule has 0 spiro atoms. The van der Waals surface area contributed by atoms with Gasteiger partial charge in [0, 0.05) is 36.8 Å². The summed E-state index contributed by atoms with van der Waals surface area (Å²) in [4.78, 5) is 27.6. The smallest absolute Gasteiger partial charge is 0.274 e. The largest absolute Gasteiger partial charge is 0.369 e. The number of halogens is 1. The van der Waals surface area contributed by atoms with Gasteiger partial charge in [0.2, 0.25) is 5.95 Å². The van der Waals surface area contributed by atoms with Crippen LogP contribution in [0.25, 0.3) is 27.5 Å². The van der Waals surface area contributed by atoms with Gasteiger partial charge in [-0.25, -0.2) is 14.4 Å². The van der Waals surface area contributed by atoms with Gasteiger partial charge in [-0.05, 0) is 23.8 Å². The number of imidazole rings is 1. The Morgan fingerprint density at radius 3 is 2.77 bits per heavy atom. The number of carbonyl (C=O) groups is 1. The Hall–Kier alpha value is -4.07. The van der Waals surface area contributed by atoms with Crippen LogP contribution in [0.2, 0.25) is 0 Å². The van der Waals surface area contributed by atoms with Gasteiger partial charge < -0.3 is 10.6 Å². The molecule has 0 bridgehead atoms. The molecule has 1 amide bonds. The van der Waals surface area contributed by atoms with Crippen molar-refractivity contribution in [1.29, 1.82) is 0 Å². The topological polar surface area (TPSA) is 89.4 Å². The molecule has 7 nitrogen and oxygen atoms in total. The van der Waals surface area contributed by atoms with E-state index in [1.54, 1.807) is 30.3 Å². The van der Waals surface area contributed by atoms with E-state index in [4.69, 9.17) is 5.73 Å². The number of aromatic nitrogens is 4. The number of fused-ring (bicyclic) bond motifs is 4. The molecule has 2 N–H and O–H groups in total. The molecule has 2 aromatic carbocycles. The first-order valence-electron chi connectivity index (χ1n) is 9.34. The molecule has 0 aliphatic heterocycles. The predicted molar refractivity (Wildman–Crippen MR) is 112 cm³/mol. The second kappa shape index (κ2) is 6.77. The average molecular weight is 400 g/mol. The highest BCUT2D eigenvalue weighted by Crippen LogP contribution is 2.24. The van der Waals surface area contributed by atoms with Crippen molar-refractivity contribution in [2.24, 2.45) is 0 Å². The summed E-state index contributed by atoms with van der Waals surface area (Å²) in [5.41, 5.74) is 8.48. The number of anilines is 1. The summed E-state index contributed by atoms with van der Waals surface area (Å²) in [6.07, 6.45) is 3.26. The quantitative estimate of drug-likeness (QED) is 0.501. The molecule has 0 aliphatic carbocycles. The number of para-hydroxylation sites is 2. The number of nitrogen functional groups attached to an aromatic ring is 1. The molecule has 3 heterocycles. The first-order chi connectivity index (χ1) is 14.5. The van der Waals surface area contributed by atoms with Gasteiger partial charge in [0.1, 0.15) is 22.7 Å². The van der Waals surface area contributed by atoms with Crippen LogP contribution in [0.3, 0.4) is 0 Å². The van der Waals surface area contributed by atoms with E-state index in [9.17, 15) is 9.18 Å². The van der Waals surface area contributed by atoms with Crippen molar-refractivity contribution in [1.82, 2.24) is 24.3 Å². The Bertz CT molecular complexity index is 1440. The van der Waals surface area contributed by atoms with Crippen LogP contribution in [0.5, 0.6) is 0 Å². The zero-order valence-corrected chi connectivity index (χ0v) is 16.1. The van der Waals surface area contributed by atoms with E-state index in [2.05, 4.69) is 15.0 Å². The normalized spacial score (nSPS) is 11.4. The van der Waals surface area contributed by atoms with Gasteiger partial charge in [-0.2, -0.15) is 0 Å². The molecule has 0 saturated carbocycles. The van der Waals surface area contributed by atoms with Crippen molar-refractivity contribution >= 4 is 39.3 Å². The van der Waals surface area contributed by atoms with Crippen LogP contribution in [0.15, 0.2) is 60.9 Å². The zero-order valence-electron chi connectivity index (χ0n) is 16.1. The van der Waals surface area contributed by atoms with Crippen LogP contribution in [0.4, 0.5) is 10.3 Å². The van der Waals surface area contributed by atoms with Gasteiger partial charge >= 0.3 is 0 Å². The molecule has 3 aromatic heterocycles. The Morgan fingerprint density at radius 2 is 1.90 bits per heavy atom. The molecule has 0 fully saturated rings. The minimum absolute atomic E-state index is 0.0649. The summed E-state index contributed by atoms with van der Waals surface area (Å²) in [7, 11) is 1.70. The number of benzene rings is 2. The molecule has 0 saturated heterocycles. The maximum Gasteiger partial charge on any atom is 0.274 e. The summed E-state index contributed by atoms with van der Waals surface area (Å²) >= 11 is 0. The number of hydrogen-bond acceptors (Lipinski definition) is 5. The molecule has 148 valence electrons. The predicted octanol–water partition coefficient (Wildman–Crippen LogP) is 3.42. The van der Waals surface area contributed by atoms with E-state index in [1.807, 2.05) is 30.3 Å². The van der Waals surface area contributed by atoms with Crippen LogP contribution in [-0.4, -0.2) is 37.2 Å². The zero-order chi connectivity index (χ0) is 20.8. The van der Waals surface area contributed by atoms with Crippen LogP contribution < -0.4 is 5.73 Å². The fourth-order valence-corrected chi connectivity index (χ4v) is 3.64. The van der Waals surface area contributed by atoms with Crippen LogP contribution in [0, 0.1) is 5.82 Å². The number of nitrogens with zero attached hydrogens (tertiary/aromatic N) is 5. The number of hydrogen-bond donors (Lipinski definition) is 1. The minimum Gasteiger partial charge on any atom is -0.369 e. The molecular weight excluding hydrogens is 383 g/mol. The molecular formula is C22H17FN6O. The third-order valence-electron chi connectivity index (χ3n) is 5.10. The number of nitrogens with two attached hydrogens (primary N) is 1. The number of rotatable bonds is 3. The van der Waals surface area contributed by atoms with Gasteiger partial charge in [-0.3, -0.25) is 14.2 Å². The third kappa shape index (κ3) is 2.81. The van der Waals surface area contributed by atoms with E-state index in [-0.39, 0.29) is 23.1 Å². The van der Waals surface area contributed by atoms with Gasteiger partial charge in [0.15, 0.2) is 0 Å². The molecule has 5 aromatic rings. The highest BCUT2D eigenvalue weighted by atomic mass is 19.1. The number of amides is 1. The number of pyridine rings is 1. The van der Waals surface area contributed by atoms with Crippen molar-refractivity contribution in [2.45, 2.75) is 6.54 Å². The fraction of sp³-hybridized carbons (Fsp3) is 0.0909. The standard InChI is InChI=1S/C22H17FN6O/c1-28(11-14-6-2-5-13-7-4-10-25-18(13)14)21(30)17-12-29-20(26-17)15-8-3-9-16(23)19(15)27-22(29)24/h2-10,12H,11H2,1H3,(H2,24,27). The van der Waals surface area contributed by atoms with Crippen molar-refractivity contribution in [3.63, 3.8) is 0 Å². The Balaban J connectivity index is 1.53. The van der Waals surface area contributed by atoms with Gasteiger partial charge in [-0.15, -0.1) is 0 Å². The highest BCUT2D eigenvalue weighted by Gasteiger charge is 2.20. The summed E-state index contributed by atoms with van der Waals surface area (Å²) in [5.74, 6) is -0.705. The summed E-state index contributed by atoms with van der Waals surface area (Å²) in [6, 6.07) is 14.3. The summed E-state index contributed by atoms with van der Waals surface area (Å²) in [6.45, 7) is 0.365. The summed E-state index contributed by atoms with van der Waals surface area (Å²) in [5, 5.41) is 1.50. The highest BCUT2D eigenvalue weighted by molar-refractivity contribution is 5.97. The maximum atomic E-state index is 14.1. The Labute approximate surface area is 170 Å². The van der Waals surface area contributed by atoms with Crippen LogP contribution >= 0.6 is 0 Å². The Morgan fingerprint density at radius 1 is 1.10 bits per heavy atom. The van der Waals surface area contributed by atoms with Crippen molar-refractivity contribution in [2.75, 3.05) is 12.8 Å². The van der Waals surface area contributed by atoms with Gasteiger partial charge in [0.25, 0.3) is 5.91 Å². The van der Waals surface area contributed by atoms with Crippen LogP contribution in [0.1, 0.15) is 16.1 Å². The monoisotopic (exact) mass is 400 g/mol. The lowest BCUT2D eigenvalue weighted by molar-refractivity contribution is 0.0780. The van der Waals surface area contributed by atoms with E-state index in [0.29, 0.717) is 17.6 Å². The van der Waals surface area contributed by atoms with Crippen molar-refractivity contribution < 1.29 is 9.18 Å². The van der Waals surface area contributed by atoms with Crippen molar-refractivity contribution in [3.05, 3.63) is 78.0 Å². The SMILES string of the molecule is CN(Cc1cccc2cccnc12)C(=O)c1cn2c(N)nc3c(F)cccc3c2n1. The van der Waals surface area contributed by atoms with Gasteiger partial charge in [0.05, 0.1) is 5.52 Å². The van der Waals surface area contributed by atoms with E-state index < -0.39 is 5.82 Å². The van der Waals surface area contributed by atoms with E-state index >= 15 is 0 Å². The maximum absolute atomic E-state index is 14.1. The fourth-order valence-electron chi connectivity index (χ4n) is 3.64. The molecule has 5 rings (SSSR count). The molecule has 8 heteroatoms. The Kier molecular flexibility index (Phi) is 4.06. The lowest BCUT2D eigenvalue weighted by atomic mass is 10.1. The lowest BCUT2D eigenvalue weighted by Crippen LogP contribution is -2.26. The van der Waals surface area contributed by atoms with Crippen LogP contribution in [-0.2, 0) is 6.54 Å². The summed E-state index contributed by atoms with van der Waals surface area (Å²) < 4.78 is 15.6. The van der Waals surface area contributed by atoms with E-state index in [0.717, 1.165) is 16.5 Å². The second-order valence-electron chi connectivity index (χ2n) is 7.08. The molecule has 0 unspecified atom stereocenters.